The minimum atomic E-state index is -4.29. The molecule has 0 aromatic carbocycles. The molecule has 0 saturated carbocycles. The Morgan fingerprint density at radius 2 is 1.83 bits per heavy atom. The molecule has 0 aliphatic carbocycles. The molecule has 0 rings (SSSR count). The van der Waals surface area contributed by atoms with E-state index in [2.05, 4.69) is 10.6 Å². The first kappa shape index (κ1) is 24.9. The summed E-state index contributed by atoms with van der Waals surface area (Å²) in [7, 11) is -4.29. The van der Waals surface area contributed by atoms with E-state index in [0.29, 0.717) is 0 Å². The van der Waals surface area contributed by atoms with Crippen molar-refractivity contribution in [1.82, 2.24) is 10.6 Å². The Morgan fingerprint density at radius 3 is 2.22 bits per heavy atom. The minimum absolute atomic E-state index is 0. The second kappa shape index (κ2) is 10.5. The van der Waals surface area contributed by atoms with E-state index >= 15 is 0 Å². The number of amides is 2. The first-order chi connectivity index (χ1) is 9.82. The van der Waals surface area contributed by atoms with E-state index in [1.807, 2.05) is 0 Å². The average Bonchev–Trinajstić information content (AvgIpc) is 2.27. The zero-order valence-electron chi connectivity index (χ0n) is 14.6. The predicted octanol–water partition coefficient (Wildman–Crippen LogP) is -2.41. The van der Waals surface area contributed by atoms with Gasteiger partial charge in [0.05, 0.1) is 10.1 Å². The second-order valence-electron chi connectivity index (χ2n) is 6.27. The zero-order chi connectivity index (χ0) is 17.6. The molecule has 0 fully saturated rings. The smallest absolute Gasteiger partial charge is 0.748 e. The molecule has 0 aromatic heterocycles. The molecule has 0 heterocycles. The standard InChI is InChI=1S/C13H26N2O6S.Na/c1-9(2)10(15-12(17)21-13(3,4)5)11(16)14-7-6-8-22(18,19)20;/h9-10H,6-8H2,1-5H3,(H,14,16)(H,15,17)(H,18,19,20);/q;+1/p-1/t10-;/m0./s1/i17+2;. The fourth-order valence-corrected chi connectivity index (χ4v) is 2.04. The molecule has 10 heteroatoms. The second-order valence-corrected chi connectivity index (χ2v) is 7.80. The molecule has 0 aromatic rings. The molecule has 8 nitrogen and oxygen atoms in total. The average molecular weight is 362 g/mol. The monoisotopic (exact) mass is 362 g/mol. The van der Waals surface area contributed by atoms with Crippen molar-refractivity contribution in [1.29, 1.82) is 0 Å². The van der Waals surface area contributed by atoms with Gasteiger partial charge in [-0.05, 0) is 33.1 Å². The van der Waals surface area contributed by atoms with Gasteiger partial charge in [0.25, 0.3) is 0 Å². The van der Waals surface area contributed by atoms with E-state index in [9.17, 15) is 22.6 Å². The maximum Gasteiger partial charge on any atom is 1.00 e. The van der Waals surface area contributed by atoms with Crippen molar-refractivity contribution in [3.63, 3.8) is 0 Å². The molecule has 0 aliphatic rings. The number of hydrogen-bond donors (Lipinski definition) is 2. The van der Waals surface area contributed by atoms with Gasteiger partial charge in [-0.3, -0.25) is 4.79 Å². The van der Waals surface area contributed by atoms with Crippen LogP contribution in [0.15, 0.2) is 0 Å². The topological polar surface area (TPSA) is 125 Å². The zero-order valence-corrected chi connectivity index (χ0v) is 17.5. The Morgan fingerprint density at radius 1 is 1.30 bits per heavy atom. The van der Waals surface area contributed by atoms with Gasteiger partial charge in [0.15, 0.2) is 0 Å². The van der Waals surface area contributed by atoms with Crippen LogP contribution in [0.5, 0.6) is 0 Å². The maximum absolute atomic E-state index is 12.0. The van der Waals surface area contributed by atoms with Crippen LogP contribution in [0.25, 0.3) is 0 Å². The number of carbonyl (C=O) groups is 2. The quantitative estimate of drug-likeness (QED) is 0.225. The Labute approximate surface area is 160 Å². The molecule has 0 unspecified atom stereocenters. The van der Waals surface area contributed by atoms with Crippen molar-refractivity contribution in [2.45, 2.75) is 52.7 Å². The summed E-state index contributed by atoms with van der Waals surface area (Å²) in [6.07, 6.45) is -0.682. The third kappa shape index (κ3) is 13.8. The Bertz CT molecular complexity index is 487. The maximum atomic E-state index is 12.0. The van der Waals surface area contributed by atoms with E-state index < -0.39 is 39.5 Å². The summed E-state index contributed by atoms with van der Waals surface area (Å²) in [4.78, 5) is 23.7. The molecule has 23 heavy (non-hydrogen) atoms. The fourth-order valence-electron chi connectivity index (χ4n) is 1.54. The third-order valence-electron chi connectivity index (χ3n) is 2.49. The van der Waals surface area contributed by atoms with Crippen LogP contribution < -0.4 is 40.2 Å². The Hall–Kier alpha value is -0.350. The van der Waals surface area contributed by atoms with E-state index in [1.54, 1.807) is 34.6 Å². The fraction of sp³-hybridized carbons (Fsp3) is 0.846. The summed E-state index contributed by atoms with van der Waals surface area (Å²) >= 11 is 0. The van der Waals surface area contributed by atoms with Crippen LogP contribution in [0.2, 0.25) is 0 Å². The van der Waals surface area contributed by atoms with Gasteiger partial charge in [0, 0.05) is 12.3 Å². The number of hydrogen-bond acceptors (Lipinski definition) is 6. The molecule has 0 spiro atoms. The number of alkyl carbamates (subject to hydrolysis) is 1. The first-order valence-corrected chi connectivity index (χ1v) is 8.60. The summed E-state index contributed by atoms with van der Waals surface area (Å²) in [6, 6.07) is -0.807. The van der Waals surface area contributed by atoms with Crippen LogP contribution in [0.1, 0.15) is 41.0 Å². The first-order valence-electron chi connectivity index (χ1n) is 7.02. The van der Waals surface area contributed by atoms with Crippen LogP contribution in [0.3, 0.4) is 0 Å². The number of nitrogens with one attached hydrogen (secondary N) is 2. The van der Waals surface area contributed by atoms with Crippen LogP contribution in [-0.2, 0) is 19.6 Å². The van der Waals surface area contributed by atoms with Crippen molar-refractivity contribution in [3.05, 3.63) is 0 Å². The van der Waals surface area contributed by atoms with Crippen molar-refractivity contribution in [2.24, 2.45) is 5.92 Å². The molecule has 0 aliphatic heterocycles. The summed E-state index contributed by atoms with van der Waals surface area (Å²) in [6.45, 7) is 8.67. The molecule has 0 radical (unpaired) electrons. The normalized spacial score (nSPS) is 13.0. The molecule has 0 bridgehead atoms. The van der Waals surface area contributed by atoms with Gasteiger partial charge in [-0.1, -0.05) is 13.8 Å². The molecule has 1 atom stereocenters. The Kier molecular flexibility index (Phi) is 11.4. The van der Waals surface area contributed by atoms with Crippen molar-refractivity contribution >= 4 is 22.1 Å². The Balaban J connectivity index is 0. The van der Waals surface area contributed by atoms with E-state index in [0.717, 1.165) is 0 Å². The molecular weight excluding hydrogens is 337 g/mol. The van der Waals surface area contributed by atoms with Crippen molar-refractivity contribution in [3.8, 4) is 0 Å². The molecule has 0 saturated heterocycles. The van der Waals surface area contributed by atoms with Crippen LogP contribution in [-0.4, -0.2) is 48.9 Å². The number of ether oxygens (including phenoxy) is 1. The summed E-state index contributed by atoms with van der Waals surface area (Å²) in [5.74, 6) is -1.18. The molecule has 2 N–H and O–H groups in total. The van der Waals surface area contributed by atoms with E-state index in [-0.39, 0.29) is 48.4 Å². The number of rotatable bonds is 7. The summed E-state index contributed by atoms with van der Waals surface area (Å²) in [5.41, 5.74) is -0.676. The van der Waals surface area contributed by atoms with Gasteiger partial charge in [0.2, 0.25) is 5.91 Å². The third-order valence-corrected chi connectivity index (χ3v) is 3.28. The molecule has 2 amide bonds. The summed E-state index contributed by atoms with van der Waals surface area (Å²) in [5, 5.41) is 4.97. The molecule has 130 valence electrons. The summed E-state index contributed by atoms with van der Waals surface area (Å²) < 4.78 is 36.5. The SMILES string of the molecule is CC(C)[C@H](NC(=[18O])OC(C)(C)C)C(=O)NCCCS(=O)(=O)[O-].[Na+]. The van der Waals surface area contributed by atoms with Crippen LogP contribution >= 0.6 is 0 Å². The van der Waals surface area contributed by atoms with E-state index in [1.165, 1.54) is 0 Å². The molecular formula is C13H25N2NaO6S. The van der Waals surface area contributed by atoms with Crippen molar-refractivity contribution < 1.29 is 56.9 Å². The predicted molar refractivity (Wildman–Crippen MR) is 80.2 cm³/mol. The minimum Gasteiger partial charge on any atom is -0.748 e. The largest absolute Gasteiger partial charge is 1.00 e. The van der Waals surface area contributed by atoms with Crippen LogP contribution in [0, 0.1) is 5.92 Å². The van der Waals surface area contributed by atoms with Gasteiger partial charge in [-0.15, -0.1) is 0 Å². The van der Waals surface area contributed by atoms with Gasteiger partial charge in [-0.2, -0.15) is 0 Å². The van der Waals surface area contributed by atoms with Gasteiger partial charge in [-0.25, -0.2) is 13.2 Å². The van der Waals surface area contributed by atoms with Gasteiger partial charge >= 0.3 is 35.7 Å². The van der Waals surface area contributed by atoms with Gasteiger partial charge in [0.1, 0.15) is 11.6 Å². The number of carbonyl (C=O) groups excluding carboxylic acids is 2. The van der Waals surface area contributed by atoms with Gasteiger partial charge < -0.3 is 19.9 Å². The van der Waals surface area contributed by atoms with Crippen molar-refractivity contribution in [2.75, 3.05) is 12.3 Å². The van der Waals surface area contributed by atoms with Crippen LogP contribution in [0.4, 0.5) is 4.79 Å². The van der Waals surface area contributed by atoms with E-state index in [4.69, 9.17) is 4.74 Å².